The van der Waals surface area contributed by atoms with E-state index in [1.54, 1.807) is 10.9 Å². The summed E-state index contributed by atoms with van der Waals surface area (Å²) in [5, 5.41) is 14.0. The number of aromatic nitrogens is 3. The molecule has 152 valence electrons. The topological polar surface area (TPSA) is 61.5 Å². The summed E-state index contributed by atoms with van der Waals surface area (Å²) in [6.07, 6.45) is 4.50. The molecule has 0 amide bonds. The zero-order valence-electron chi connectivity index (χ0n) is 17.2. The number of benzene rings is 2. The molecule has 3 aromatic rings. The lowest BCUT2D eigenvalue weighted by atomic mass is 10.1. The van der Waals surface area contributed by atoms with E-state index < -0.39 is 0 Å². The molecule has 0 atom stereocenters. The van der Waals surface area contributed by atoms with Gasteiger partial charge in [-0.3, -0.25) is 0 Å². The zero-order chi connectivity index (χ0) is 20.6. The van der Waals surface area contributed by atoms with Crippen LogP contribution in [0.15, 0.2) is 58.8 Å². The molecule has 0 saturated heterocycles. The number of ether oxygens (including phenoxy) is 2. The van der Waals surface area contributed by atoms with Gasteiger partial charge in [-0.2, -0.15) is 9.78 Å². The standard InChI is InChI=1S/C22H26N4O2S/c1-5-27-20-13-18(11-12-19(20)28-16(2)3)15-23-26-21(24-25-22(26)29-4)14-17-9-7-6-8-10-17/h6-13,15-16H,5,14H2,1-4H3/b23-15-. The number of thioether (sulfide) groups is 1. The Morgan fingerprint density at radius 2 is 1.90 bits per heavy atom. The van der Waals surface area contributed by atoms with Crippen LogP contribution in [0.25, 0.3) is 0 Å². The van der Waals surface area contributed by atoms with Crippen LogP contribution < -0.4 is 9.47 Å². The summed E-state index contributed by atoms with van der Waals surface area (Å²) in [5.74, 6) is 2.24. The summed E-state index contributed by atoms with van der Waals surface area (Å²) >= 11 is 1.51. The molecule has 0 bridgehead atoms. The van der Waals surface area contributed by atoms with Crippen molar-refractivity contribution in [2.45, 2.75) is 38.5 Å². The first kappa shape index (κ1) is 20.9. The van der Waals surface area contributed by atoms with Gasteiger partial charge in [0.15, 0.2) is 17.3 Å². The maximum absolute atomic E-state index is 5.83. The van der Waals surface area contributed by atoms with Crippen molar-refractivity contribution in [2.24, 2.45) is 5.10 Å². The fraction of sp³-hybridized carbons (Fsp3) is 0.318. The quantitative estimate of drug-likeness (QED) is 0.379. The summed E-state index contributed by atoms with van der Waals surface area (Å²) in [7, 11) is 0. The van der Waals surface area contributed by atoms with E-state index >= 15 is 0 Å². The molecule has 0 saturated carbocycles. The Balaban J connectivity index is 1.87. The highest BCUT2D eigenvalue weighted by atomic mass is 32.2. The Morgan fingerprint density at radius 3 is 2.59 bits per heavy atom. The first-order valence-corrected chi connectivity index (χ1v) is 10.8. The zero-order valence-corrected chi connectivity index (χ0v) is 18.0. The minimum Gasteiger partial charge on any atom is -0.490 e. The SMILES string of the molecule is CCOc1cc(/C=N\n2c(Cc3ccccc3)nnc2SC)ccc1OC(C)C. The molecule has 0 aliphatic heterocycles. The smallest absolute Gasteiger partial charge is 0.211 e. The van der Waals surface area contributed by atoms with Crippen LogP contribution in [0.1, 0.15) is 37.7 Å². The Labute approximate surface area is 176 Å². The first-order chi connectivity index (χ1) is 14.1. The normalized spacial score (nSPS) is 11.3. The minimum atomic E-state index is 0.0791. The summed E-state index contributed by atoms with van der Waals surface area (Å²) in [6, 6.07) is 16.0. The van der Waals surface area contributed by atoms with Gasteiger partial charge in [0, 0.05) is 6.42 Å². The van der Waals surface area contributed by atoms with Gasteiger partial charge in [-0.15, -0.1) is 10.2 Å². The second-order valence-electron chi connectivity index (χ2n) is 6.63. The van der Waals surface area contributed by atoms with Crippen molar-refractivity contribution in [3.63, 3.8) is 0 Å². The lowest BCUT2D eigenvalue weighted by Gasteiger charge is -2.14. The maximum atomic E-state index is 5.83. The first-order valence-electron chi connectivity index (χ1n) is 9.60. The average Bonchev–Trinajstić information content (AvgIpc) is 3.10. The van der Waals surface area contributed by atoms with E-state index in [1.807, 2.05) is 63.4 Å². The van der Waals surface area contributed by atoms with E-state index in [0.29, 0.717) is 18.8 Å². The molecule has 0 spiro atoms. The fourth-order valence-electron chi connectivity index (χ4n) is 2.78. The molecule has 6 nitrogen and oxygen atoms in total. The number of nitrogens with zero attached hydrogens (tertiary/aromatic N) is 4. The minimum absolute atomic E-state index is 0.0791. The van der Waals surface area contributed by atoms with Crippen LogP contribution in [0.3, 0.4) is 0 Å². The van der Waals surface area contributed by atoms with E-state index in [1.165, 1.54) is 11.8 Å². The van der Waals surface area contributed by atoms with E-state index in [9.17, 15) is 0 Å². The third-order valence-electron chi connectivity index (χ3n) is 4.02. The molecule has 0 aliphatic rings. The van der Waals surface area contributed by atoms with Crippen molar-refractivity contribution in [1.82, 2.24) is 14.9 Å². The number of rotatable bonds is 9. The molecule has 7 heteroatoms. The van der Waals surface area contributed by atoms with Gasteiger partial charge in [0.2, 0.25) is 5.16 Å². The van der Waals surface area contributed by atoms with Crippen LogP contribution in [0, 0.1) is 0 Å². The highest BCUT2D eigenvalue weighted by Gasteiger charge is 2.12. The molecule has 2 aromatic carbocycles. The lowest BCUT2D eigenvalue weighted by molar-refractivity contribution is 0.224. The fourth-order valence-corrected chi connectivity index (χ4v) is 3.22. The van der Waals surface area contributed by atoms with Crippen LogP contribution in [-0.4, -0.2) is 40.1 Å². The second kappa shape index (κ2) is 10.1. The van der Waals surface area contributed by atoms with Crippen LogP contribution in [0.2, 0.25) is 0 Å². The van der Waals surface area contributed by atoms with Crippen molar-refractivity contribution < 1.29 is 9.47 Å². The van der Waals surface area contributed by atoms with Gasteiger partial charge in [-0.1, -0.05) is 42.1 Å². The number of hydrogen-bond acceptors (Lipinski definition) is 6. The van der Waals surface area contributed by atoms with Crippen LogP contribution in [0.5, 0.6) is 11.5 Å². The molecule has 0 N–H and O–H groups in total. The van der Waals surface area contributed by atoms with Crippen molar-refractivity contribution in [3.8, 4) is 11.5 Å². The molecule has 0 unspecified atom stereocenters. The van der Waals surface area contributed by atoms with Gasteiger partial charge in [0.1, 0.15) is 0 Å². The van der Waals surface area contributed by atoms with Gasteiger partial charge in [0.25, 0.3) is 0 Å². The summed E-state index contributed by atoms with van der Waals surface area (Å²) in [4.78, 5) is 0. The molecule has 29 heavy (non-hydrogen) atoms. The summed E-state index contributed by atoms with van der Waals surface area (Å²) in [6.45, 7) is 6.51. The van der Waals surface area contributed by atoms with Crippen LogP contribution in [-0.2, 0) is 6.42 Å². The molecule has 0 radical (unpaired) electrons. The van der Waals surface area contributed by atoms with Gasteiger partial charge in [-0.05, 0) is 56.4 Å². The van der Waals surface area contributed by atoms with Crippen molar-refractivity contribution in [3.05, 3.63) is 65.5 Å². The Hall–Kier alpha value is -2.80. The highest BCUT2D eigenvalue weighted by molar-refractivity contribution is 7.98. The predicted molar refractivity (Wildman–Crippen MR) is 117 cm³/mol. The van der Waals surface area contributed by atoms with Crippen LogP contribution in [0.4, 0.5) is 0 Å². The van der Waals surface area contributed by atoms with Gasteiger partial charge >= 0.3 is 0 Å². The van der Waals surface area contributed by atoms with E-state index in [4.69, 9.17) is 9.47 Å². The Morgan fingerprint density at radius 1 is 1.10 bits per heavy atom. The maximum Gasteiger partial charge on any atom is 0.211 e. The van der Waals surface area contributed by atoms with Gasteiger partial charge in [0.05, 0.1) is 18.9 Å². The van der Waals surface area contributed by atoms with E-state index in [-0.39, 0.29) is 6.10 Å². The monoisotopic (exact) mass is 410 g/mol. The van der Waals surface area contributed by atoms with Crippen molar-refractivity contribution >= 4 is 18.0 Å². The Kier molecular flexibility index (Phi) is 7.30. The summed E-state index contributed by atoms with van der Waals surface area (Å²) in [5.41, 5.74) is 2.08. The van der Waals surface area contributed by atoms with Gasteiger partial charge < -0.3 is 9.47 Å². The lowest BCUT2D eigenvalue weighted by Crippen LogP contribution is -2.07. The second-order valence-corrected chi connectivity index (χ2v) is 7.40. The van der Waals surface area contributed by atoms with E-state index in [0.717, 1.165) is 27.9 Å². The number of hydrogen-bond donors (Lipinski definition) is 0. The molecule has 1 heterocycles. The van der Waals surface area contributed by atoms with Crippen molar-refractivity contribution in [1.29, 1.82) is 0 Å². The van der Waals surface area contributed by atoms with Gasteiger partial charge in [-0.25, -0.2) is 0 Å². The highest BCUT2D eigenvalue weighted by Crippen LogP contribution is 2.29. The molecular formula is C22H26N4O2S. The molecule has 1 aromatic heterocycles. The third-order valence-corrected chi connectivity index (χ3v) is 4.64. The third kappa shape index (κ3) is 5.60. The van der Waals surface area contributed by atoms with Crippen LogP contribution >= 0.6 is 11.8 Å². The Bertz CT molecular complexity index is 955. The van der Waals surface area contributed by atoms with E-state index in [2.05, 4.69) is 27.4 Å². The largest absolute Gasteiger partial charge is 0.490 e. The predicted octanol–water partition coefficient (Wildman–Crippen LogP) is 4.66. The molecular weight excluding hydrogens is 384 g/mol. The average molecular weight is 411 g/mol. The molecule has 3 rings (SSSR count). The molecule has 0 fully saturated rings. The molecule has 0 aliphatic carbocycles. The van der Waals surface area contributed by atoms with Crippen molar-refractivity contribution in [2.75, 3.05) is 12.9 Å². The summed E-state index contributed by atoms with van der Waals surface area (Å²) < 4.78 is 13.4.